The van der Waals surface area contributed by atoms with E-state index in [1.807, 2.05) is 32.2 Å². The number of cyclic esters (lactones) is 1. The van der Waals surface area contributed by atoms with E-state index in [0.717, 1.165) is 44.7 Å². The number of esters is 1. The van der Waals surface area contributed by atoms with Crippen molar-refractivity contribution in [2.24, 2.45) is 11.3 Å². The first kappa shape index (κ1) is 49.7. The molecule has 0 radical (unpaired) electrons. The minimum Gasteiger partial charge on any atom is -0.464 e. The van der Waals surface area contributed by atoms with Crippen molar-refractivity contribution < 1.29 is 38.2 Å². The van der Waals surface area contributed by atoms with Gasteiger partial charge in [-0.2, -0.15) is 0 Å². The molecule has 5 amide bonds. The molecule has 0 aliphatic carbocycles. The second kappa shape index (κ2) is 20.7. The highest BCUT2D eigenvalue weighted by atomic mass is 32.1. The van der Waals surface area contributed by atoms with Gasteiger partial charge in [0.25, 0.3) is 5.91 Å². The van der Waals surface area contributed by atoms with Crippen LogP contribution in [0.3, 0.4) is 0 Å². The molecule has 1 aromatic carbocycles. The maximum absolute atomic E-state index is 14.7. The summed E-state index contributed by atoms with van der Waals surface area (Å²) in [6, 6.07) is 6.83. The molecule has 3 aromatic heterocycles. The number of nitrogens with zero attached hydrogens (tertiary/aromatic N) is 7. The second-order valence-corrected chi connectivity index (χ2v) is 20.7. The number of aromatic nitrogens is 3. The van der Waals surface area contributed by atoms with Crippen molar-refractivity contribution in [3.05, 3.63) is 70.8 Å². The van der Waals surface area contributed by atoms with E-state index < -0.39 is 41.3 Å². The van der Waals surface area contributed by atoms with Crippen LogP contribution >= 0.6 is 11.3 Å². The third-order valence-corrected chi connectivity index (χ3v) is 15.0. The molecule has 8 rings (SSSR count). The van der Waals surface area contributed by atoms with Crippen LogP contribution < -0.4 is 10.7 Å². The number of methoxy groups -OCH3 is 1. The van der Waals surface area contributed by atoms with Gasteiger partial charge in [-0.3, -0.25) is 29.2 Å². The number of urea groups is 1. The predicted octanol–water partition coefficient (Wildman–Crippen LogP) is 5.77. The number of piperidine rings is 1. The fourth-order valence-corrected chi connectivity index (χ4v) is 11.4. The summed E-state index contributed by atoms with van der Waals surface area (Å²) >= 11 is 1.40. The van der Waals surface area contributed by atoms with E-state index in [1.54, 1.807) is 30.2 Å². The van der Waals surface area contributed by atoms with Gasteiger partial charge < -0.3 is 38.8 Å². The standard InChI is InChI=1S/C51H67N9O8S/c1-10-43(61)59-22-23-67-41-18-21-57(27-40(41)59)50(65)56(8)45(30(3)4)47(62)54-37-25-42-53-38(28-69-42)32-16-17-39-34(24-32)35(46(58(39)11-2)33-14-12-19-52-44(33)31(5)66-9)26-51(6,7)29-68-49(64)36-15-13-20-60(55-36)48(37)63/h10,12,14,16-17,19,24,28,30-31,36-37,40-41,45,55H,1,11,13,15,18,20-23,25-27,29H2,2-9H3,(H,54,62)/t31-,36?,37-,40-,41-,45-/m0/s1. The molecule has 7 heterocycles. The van der Waals surface area contributed by atoms with Crippen molar-refractivity contribution in [2.75, 3.05) is 53.6 Å². The lowest BCUT2D eigenvalue weighted by molar-refractivity contribution is -0.155. The summed E-state index contributed by atoms with van der Waals surface area (Å²) in [6.07, 6.45) is 4.76. The van der Waals surface area contributed by atoms with Crippen LogP contribution in [-0.4, -0.2) is 148 Å². The lowest BCUT2D eigenvalue weighted by Gasteiger charge is -2.47. The van der Waals surface area contributed by atoms with E-state index in [9.17, 15) is 24.0 Å². The van der Waals surface area contributed by atoms with E-state index in [0.29, 0.717) is 63.5 Å². The third kappa shape index (κ3) is 10.2. The number of morpholine rings is 1. The van der Waals surface area contributed by atoms with E-state index in [2.05, 4.69) is 66.9 Å². The average molecular weight is 966 g/mol. The van der Waals surface area contributed by atoms with E-state index in [-0.39, 0.29) is 55.7 Å². The highest BCUT2D eigenvalue weighted by Crippen LogP contribution is 2.42. The average Bonchev–Trinajstić information content (AvgIpc) is 3.95. The lowest BCUT2D eigenvalue weighted by Crippen LogP contribution is -2.65. The van der Waals surface area contributed by atoms with E-state index >= 15 is 0 Å². The number of amides is 5. The Morgan fingerprint density at radius 1 is 1.13 bits per heavy atom. The molecule has 370 valence electrons. The van der Waals surface area contributed by atoms with Crippen molar-refractivity contribution in [1.29, 1.82) is 0 Å². The highest BCUT2D eigenvalue weighted by molar-refractivity contribution is 7.10. The van der Waals surface area contributed by atoms with Crippen LogP contribution in [-0.2, 0) is 52.8 Å². The van der Waals surface area contributed by atoms with Gasteiger partial charge in [-0.25, -0.2) is 15.2 Å². The minimum atomic E-state index is -1.10. The molecular weight excluding hydrogens is 899 g/mol. The second-order valence-electron chi connectivity index (χ2n) is 19.8. The van der Waals surface area contributed by atoms with Crippen molar-refractivity contribution in [1.82, 2.24) is 45.0 Å². The van der Waals surface area contributed by atoms with E-state index in [1.165, 1.54) is 27.3 Å². The topological polar surface area (TPSA) is 181 Å². The van der Waals surface area contributed by atoms with Crippen LogP contribution in [0, 0.1) is 11.3 Å². The Bertz CT molecular complexity index is 2590. The van der Waals surface area contributed by atoms with Gasteiger partial charge in [0.05, 0.1) is 53.6 Å². The molecule has 6 atom stereocenters. The fourth-order valence-electron chi connectivity index (χ4n) is 10.5. The SMILES string of the molecule is C=CC(=O)N1CCO[C@H]2CCN(C(=O)N(C)[C@H](C(=O)N[C@H]3Cc4nc(cs4)-c4ccc5c(c4)c(c(-c4cccnc4[C@H](C)OC)n5CC)CC(C)(C)COC(=O)C4CCCN(N4)C3=O)C(C)C)C[C@@H]21. The summed E-state index contributed by atoms with van der Waals surface area (Å²) in [6.45, 7) is 18.3. The predicted molar refractivity (Wildman–Crippen MR) is 263 cm³/mol. The number of benzene rings is 1. The van der Waals surface area contributed by atoms with Crippen LogP contribution in [0.25, 0.3) is 33.4 Å². The summed E-state index contributed by atoms with van der Waals surface area (Å²) in [5.41, 5.74) is 9.23. The largest absolute Gasteiger partial charge is 0.464 e. The Hall–Kier alpha value is -5.69. The molecule has 4 aliphatic heterocycles. The zero-order valence-corrected chi connectivity index (χ0v) is 42.0. The number of hydrazine groups is 1. The number of carbonyl (C=O) groups is 5. The maximum Gasteiger partial charge on any atom is 0.324 e. The summed E-state index contributed by atoms with van der Waals surface area (Å²) < 4.78 is 20.2. The lowest BCUT2D eigenvalue weighted by atomic mass is 9.84. The van der Waals surface area contributed by atoms with Gasteiger partial charge >= 0.3 is 12.0 Å². The molecule has 69 heavy (non-hydrogen) atoms. The van der Waals surface area contributed by atoms with Crippen LogP contribution in [0.15, 0.2) is 54.6 Å². The van der Waals surface area contributed by atoms with Crippen LogP contribution in [0.1, 0.15) is 83.2 Å². The maximum atomic E-state index is 14.7. The molecule has 0 spiro atoms. The number of hydrogen-bond donors (Lipinski definition) is 2. The van der Waals surface area contributed by atoms with Crippen molar-refractivity contribution >= 4 is 52.0 Å². The summed E-state index contributed by atoms with van der Waals surface area (Å²) in [4.78, 5) is 85.1. The van der Waals surface area contributed by atoms with Gasteiger partial charge in [0.2, 0.25) is 11.8 Å². The Balaban J connectivity index is 1.13. The monoisotopic (exact) mass is 965 g/mol. The number of pyridine rings is 1. The minimum absolute atomic E-state index is 0.0624. The zero-order chi connectivity index (χ0) is 49.3. The first-order valence-electron chi connectivity index (χ1n) is 24.2. The van der Waals surface area contributed by atoms with Crippen molar-refractivity contribution in [2.45, 2.75) is 117 Å². The first-order valence-corrected chi connectivity index (χ1v) is 25.1. The molecule has 17 nitrogen and oxygen atoms in total. The molecule has 3 saturated heterocycles. The molecule has 6 bridgehead atoms. The summed E-state index contributed by atoms with van der Waals surface area (Å²) in [5.74, 6) is -1.96. The number of hydrogen-bond acceptors (Lipinski definition) is 12. The molecule has 1 unspecified atom stereocenters. The molecule has 18 heteroatoms. The van der Waals surface area contributed by atoms with Gasteiger partial charge in [-0.05, 0) is 81.4 Å². The number of likely N-dealkylation sites (tertiary alicyclic amines) is 1. The smallest absolute Gasteiger partial charge is 0.324 e. The first-order chi connectivity index (χ1) is 33.0. The molecule has 0 saturated carbocycles. The van der Waals surface area contributed by atoms with Crippen LogP contribution in [0.5, 0.6) is 0 Å². The number of ether oxygens (including phenoxy) is 3. The highest BCUT2D eigenvalue weighted by Gasteiger charge is 2.43. The van der Waals surface area contributed by atoms with Crippen molar-refractivity contribution in [3.63, 3.8) is 0 Å². The quantitative estimate of drug-likeness (QED) is 0.154. The Morgan fingerprint density at radius 2 is 1.93 bits per heavy atom. The number of nitrogens with one attached hydrogen (secondary N) is 2. The van der Waals surface area contributed by atoms with Gasteiger partial charge in [0, 0.05) is 92.3 Å². The number of fused-ring (bicyclic) bond motifs is 7. The number of thiazole rings is 1. The van der Waals surface area contributed by atoms with Gasteiger partial charge in [0.1, 0.15) is 18.1 Å². The number of carbonyl (C=O) groups excluding carboxylic acids is 5. The third-order valence-electron chi connectivity index (χ3n) is 14.1. The summed E-state index contributed by atoms with van der Waals surface area (Å²) in [7, 11) is 3.28. The summed E-state index contributed by atoms with van der Waals surface area (Å²) in [5, 5.41) is 8.11. The van der Waals surface area contributed by atoms with E-state index in [4.69, 9.17) is 24.2 Å². The normalized spacial score (nSPS) is 22.9. The molecule has 3 fully saturated rings. The molecule has 4 aliphatic rings. The van der Waals surface area contributed by atoms with Crippen LogP contribution in [0.2, 0.25) is 0 Å². The molecule has 2 N–H and O–H groups in total. The van der Waals surface area contributed by atoms with Crippen LogP contribution in [0.4, 0.5) is 4.79 Å². The molecule has 4 aromatic rings. The van der Waals surface area contributed by atoms with Gasteiger partial charge in [-0.15, -0.1) is 11.3 Å². The Kier molecular flexibility index (Phi) is 14.9. The molecular formula is C51H67N9O8S. The zero-order valence-electron chi connectivity index (χ0n) is 41.2. The number of rotatable bonds is 9. The Morgan fingerprint density at radius 3 is 2.67 bits per heavy atom. The Labute approximate surface area is 408 Å². The van der Waals surface area contributed by atoms with Crippen molar-refractivity contribution in [3.8, 4) is 22.5 Å². The fraction of sp³-hybridized carbons (Fsp3) is 0.549. The van der Waals surface area contributed by atoms with Gasteiger partial charge in [0.15, 0.2) is 0 Å². The number of likely N-dealkylation sites (N-methyl/N-ethyl adjacent to an activating group) is 1. The van der Waals surface area contributed by atoms with Gasteiger partial charge in [-0.1, -0.05) is 40.3 Å². The number of aryl methyl sites for hydroxylation is 1.